The SMILES string of the molecule is CCN(Cc1nn(C)cc1C(=O)OC)c1ccccc1. The number of rotatable bonds is 5. The number of ether oxygens (including phenoxy) is 1. The maximum Gasteiger partial charge on any atom is 0.341 e. The van der Waals surface area contributed by atoms with Crippen molar-refractivity contribution in [1.29, 1.82) is 0 Å². The van der Waals surface area contributed by atoms with Crippen LogP contribution in [0.4, 0.5) is 5.69 Å². The number of aryl methyl sites for hydroxylation is 1. The van der Waals surface area contributed by atoms with Crippen molar-refractivity contribution in [3.05, 3.63) is 47.8 Å². The van der Waals surface area contributed by atoms with Crippen molar-refractivity contribution in [2.24, 2.45) is 7.05 Å². The number of nitrogens with zero attached hydrogens (tertiary/aromatic N) is 3. The molecule has 2 rings (SSSR count). The van der Waals surface area contributed by atoms with Crippen LogP contribution in [0.1, 0.15) is 23.0 Å². The lowest BCUT2D eigenvalue weighted by Crippen LogP contribution is -2.23. The largest absolute Gasteiger partial charge is 0.465 e. The average molecular weight is 273 g/mol. The number of para-hydroxylation sites is 1. The monoisotopic (exact) mass is 273 g/mol. The summed E-state index contributed by atoms with van der Waals surface area (Å²) in [5.41, 5.74) is 2.35. The van der Waals surface area contributed by atoms with Gasteiger partial charge in [-0.25, -0.2) is 4.79 Å². The highest BCUT2D eigenvalue weighted by molar-refractivity contribution is 5.90. The molecule has 0 N–H and O–H groups in total. The molecule has 1 aromatic carbocycles. The molecular weight excluding hydrogens is 254 g/mol. The van der Waals surface area contributed by atoms with Crippen LogP contribution in [0, 0.1) is 0 Å². The Bertz CT molecular complexity index is 578. The van der Waals surface area contributed by atoms with Gasteiger partial charge in [0.25, 0.3) is 0 Å². The predicted molar refractivity (Wildman–Crippen MR) is 77.7 cm³/mol. The molecule has 0 saturated carbocycles. The zero-order valence-corrected chi connectivity index (χ0v) is 12.0. The van der Waals surface area contributed by atoms with Crippen LogP contribution in [0.3, 0.4) is 0 Å². The van der Waals surface area contributed by atoms with Crippen LogP contribution in [0.15, 0.2) is 36.5 Å². The van der Waals surface area contributed by atoms with Gasteiger partial charge in [0.15, 0.2) is 0 Å². The maximum atomic E-state index is 11.8. The van der Waals surface area contributed by atoms with Gasteiger partial charge in [-0.15, -0.1) is 0 Å². The number of hydrogen-bond donors (Lipinski definition) is 0. The Morgan fingerprint density at radius 1 is 1.35 bits per heavy atom. The van der Waals surface area contributed by atoms with E-state index in [4.69, 9.17) is 4.74 Å². The normalized spacial score (nSPS) is 10.3. The summed E-state index contributed by atoms with van der Waals surface area (Å²) in [4.78, 5) is 13.9. The summed E-state index contributed by atoms with van der Waals surface area (Å²) in [6.45, 7) is 3.49. The Labute approximate surface area is 118 Å². The molecule has 0 aliphatic rings. The molecule has 2 aromatic rings. The van der Waals surface area contributed by atoms with Crippen molar-refractivity contribution in [2.75, 3.05) is 18.6 Å². The van der Waals surface area contributed by atoms with Crippen LogP contribution in [-0.4, -0.2) is 29.4 Å². The van der Waals surface area contributed by atoms with E-state index >= 15 is 0 Å². The molecule has 0 radical (unpaired) electrons. The summed E-state index contributed by atoms with van der Waals surface area (Å²) in [6, 6.07) is 10.1. The fraction of sp³-hybridized carbons (Fsp3) is 0.333. The highest BCUT2D eigenvalue weighted by Gasteiger charge is 2.18. The molecule has 0 bridgehead atoms. The van der Waals surface area contributed by atoms with Crippen molar-refractivity contribution < 1.29 is 9.53 Å². The molecule has 0 unspecified atom stereocenters. The molecule has 5 nitrogen and oxygen atoms in total. The number of benzene rings is 1. The quantitative estimate of drug-likeness (QED) is 0.784. The van der Waals surface area contributed by atoms with Crippen LogP contribution in [0.2, 0.25) is 0 Å². The first-order valence-corrected chi connectivity index (χ1v) is 6.56. The van der Waals surface area contributed by atoms with Gasteiger partial charge >= 0.3 is 5.97 Å². The smallest absolute Gasteiger partial charge is 0.341 e. The van der Waals surface area contributed by atoms with Gasteiger partial charge in [-0.1, -0.05) is 18.2 Å². The molecule has 0 aliphatic heterocycles. The van der Waals surface area contributed by atoms with Gasteiger partial charge in [0.2, 0.25) is 0 Å². The first-order valence-electron chi connectivity index (χ1n) is 6.56. The highest BCUT2D eigenvalue weighted by Crippen LogP contribution is 2.18. The minimum atomic E-state index is -0.350. The van der Waals surface area contributed by atoms with E-state index in [1.54, 1.807) is 17.9 Å². The van der Waals surface area contributed by atoms with Gasteiger partial charge in [-0.05, 0) is 19.1 Å². The topological polar surface area (TPSA) is 47.4 Å². The number of hydrogen-bond acceptors (Lipinski definition) is 4. The molecule has 106 valence electrons. The first kappa shape index (κ1) is 14.1. The number of carbonyl (C=O) groups is 1. The Morgan fingerprint density at radius 3 is 2.65 bits per heavy atom. The molecule has 1 aromatic heterocycles. The molecule has 0 fully saturated rings. The molecule has 0 aliphatic carbocycles. The minimum Gasteiger partial charge on any atom is -0.465 e. The van der Waals surface area contributed by atoms with E-state index < -0.39 is 0 Å². The van der Waals surface area contributed by atoms with Crippen molar-refractivity contribution in [3.8, 4) is 0 Å². The van der Waals surface area contributed by atoms with Crippen molar-refractivity contribution >= 4 is 11.7 Å². The van der Waals surface area contributed by atoms with Gasteiger partial charge in [0.05, 0.1) is 19.3 Å². The molecule has 0 atom stereocenters. The second-order valence-corrected chi connectivity index (χ2v) is 4.50. The van der Waals surface area contributed by atoms with Crippen LogP contribution >= 0.6 is 0 Å². The van der Waals surface area contributed by atoms with Crippen molar-refractivity contribution in [1.82, 2.24) is 9.78 Å². The first-order chi connectivity index (χ1) is 9.65. The summed E-state index contributed by atoms with van der Waals surface area (Å²) in [7, 11) is 3.18. The fourth-order valence-electron chi connectivity index (χ4n) is 2.14. The third kappa shape index (κ3) is 2.99. The van der Waals surface area contributed by atoms with E-state index in [-0.39, 0.29) is 5.97 Å². The number of esters is 1. The Balaban J connectivity index is 2.26. The van der Waals surface area contributed by atoms with Crippen LogP contribution < -0.4 is 4.90 Å². The zero-order valence-electron chi connectivity index (χ0n) is 12.0. The number of methoxy groups -OCH3 is 1. The molecule has 0 saturated heterocycles. The second-order valence-electron chi connectivity index (χ2n) is 4.50. The lowest BCUT2D eigenvalue weighted by molar-refractivity contribution is 0.0599. The third-order valence-corrected chi connectivity index (χ3v) is 3.15. The van der Waals surface area contributed by atoms with Crippen molar-refractivity contribution in [3.63, 3.8) is 0 Å². The molecule has 0 amide bonds. The number of anilines is 1. The Kier molecular flexibility index (Phi) is 4.40. The predicted octanol–water partition coefficient (Wildman–Crippen LogP) is 2.23. The van der Waals surface area contributed by atoms with E-state index in [1.807, 2.05) is 30.3 Å². The van der Waals surface area contributed by atoms with Gasteiger partial charge in [0, 0.05) is 25.5 Å². The Hall–Kier alpha value is -2.30. The van der Waals surface area contributed by atoms with E-state index in [9.17, 15) is 4.79 Å². The van der Waals surface area contributed by atoms with E-state index in [1.165, 1.54) is 7.11 Å². The summed E-state index contributed by atoms with van der Waals surface area (Å²) >= 11 is 0. The molecule has 0 spiro atoms. The van der Waals surface area contributed by atoms with Crippen LogP contribution in [0.25, 0.3) is 0 Å². The maximum absolute atomic E-state index is 11.8. The summed E-state index contributed by atoms with van der Waals surface area (Å²) < 4.78 is 6.44. The number of aromatic nitrogens is 2. The standard InChI is InChI=1S/C15H19N3O2/c1-4-18(12-8-6-5-7-9-12)11-14-13(15(19)20-3)10-17(2)16-14/h5-10H,4,11H2,1-3H3. The molecular formula is C15H19N3O2. The molecule has 1 heterocycles. The molecule has 20 heavy (non-hydrogen) atoms. The van der Waals surface area contributed by atoms with Crippen LogP contribution in [-0.2, 0) is 18.3 Å². The van der Waals surface area contributed by atoms with E-state index in [0.29, 0.717) is 12.1 Å². The Morgan fingerprint density at radius 2 is 2.05 bits per heavy atom. The van der Waals surface area contributed by atoms with Gasteiger partial charge in [0.1, 0.15) is 5.56 Å². The zero-order chi connectivity index (χ0) is 14.5. The summed E-state index contributed by atoms with van der Waals surface area (Å²) in [5, 5.41) is 4.37. The third-order valence-electron chi connectivity index (χ3n) is 3.15. The van der Waals surface area contributed by atoms with E-state index in [2.05, 4.69) is 16.9 Å². The summed E-state index contributed by atoms with van der Waals surface area (Å²) in [6.07, 6.45) is 1.69. The summed E-state index contributed by atoms with van der Waals surface area (Å²) in [5.74, 6) is -0.350. The van der Waals surface area contributed by atoms with Crippen molar-refractivity contribution in [2.45, 2.75) is 13.5 Å². The molecule has 5 heteroatoms. The average Bonchev–Trinajstić information content (AvgIpc) is 2.85. The lowest BCUT2D eigenvalue weighted by atomic mass is 10.2. The van der Waals surface area contributed by atoms with Gasteiger partial charge in [-0.3, -0.25) is 4.68 Å². The lowest BCUT2D eigenvalue weighted by Gasteiger charge is -2.22. The highest BCUT2D eigenvalue weighted by atomic mass is 16.5. The number of carbonyl (C=O) groups excluding carboxylic acids is 1. The second kappa shape index (κ2) is 6.23. The minimum absolute atomic E-state index is 0.350. The van der Waals surface area contributed by atoms with E-state index in [0.717, 1.165) is 17.9 Å². The fourth-order valence-corrected chi connectivity index (χ4v) is 2.14. The van der Waals surface area contributed by atoms with Gasteiger partial charge in [-0.2, -0.15) is 5.10 Å². The van der Waals surface area contributed by atoms with Crippen LogP contribution in [0.5, 0.6) is 0 Å². The van der Waals surface area contributed by atoms with Gasteiger partial charge < -0.3 is 9.64 Å².